The van der Waals surface area contributed by atoms with Gasteiger partial charge in [-0.15, -0.1) is 6.58 Å². The smallest absolute Gasteiger partial charge is 0.260 e. The molecule has 0 bridgehead atoms. The molecule has 8 nitrogen and oxygen atoms in total. The van der Waals surface area contributed by atoms with E-state index in [9.17, 15) is 4.79 Å². The topological polar surface area (TPSA) is 93.4 Å². The second-order valence-electron chi connectivity index (χ2n) is 7.37. The first-order valence-electron chi connectivity index (χ1n) is 8.73. The summed E-state index contributed by atoms with van der Waals surface area (Å²) in [6, 6.07) is 0. The van der Waals surface area contributed by atoms with E-state index in [0.29, 0.717) is 27.8 Å². The quantitative estimate of drug-likeness (QED) is 0.482. The van der Waals surface area contributed by atoms with Gasteiger partial charge in [-0.1, -0.05) is 17.4 Å². The molecule has 0 fully saturated rings. The number of carbonyl (C=O) groups excluding carboxylic acids is 1. The number of rotatable bonds is 5. The summed E-state index contributed by atoms with van der Waals surface area (Å²) in [6.45, 7) is 14.2. The average Bonchev–Trinajstić information content (AvgIpc) is 3.26. The number of allylic oxidation sites excluding steroid dienone is 1. The van der Waals surface area contributed by atoms with Crippen molar-refractivity contribution in [3.8, 4) is 10.7 Å². The molecule has 2 N–H and O–H groups in total. The molecule has 0 spiro atoms. The third-order valence-corrected chi connectivity index (χ3v) is 5.56. The Morgan fingerprint density at radius 2 is 2.14 bits per heavy atom. The van der Waals surface area contributed by atoms with Crippen molar-refractivity contribution in [1.82, 2.24) is 29.5 Å². The van der Waals surface area contributed by atoms with E-state index in [2.05, 4.69) is 32.2 Å². The Morgan fingerprint density at radius 1 is 1.43 bits per heavy atom. The highest BCUT2D eigenvalue weighted by molar-refractivity contribution is 7.71. The lowest BCUT2D eigenvalue weighted by Gasteiger charge is -2.21. The lowest BCUT2D eigenvalue weighted by Crippen LogP contribution is -2.25. The highest BCUT2D eigenvalue weighted by Crippen LogP contribution is 2.32. The van der Waals surface area contributed by atoms with Crippen LogP contribution in [0.2, 0.25) is 0 Å². The lowest BCUT2D eigenvalue weighted by atomic mass is 10.1. The monoisotopic (exact) mass is 417 g/mol. The molecule has 0 atom stereocenters. The molecular weight excluding hydrogens is 394 g/mol. The number of aromatic amines is 1. The molecule has 1 amide bonds. The van der Waals surface area contributed by atoms with Crippen LogP contribution in [-0.2, 0) is 12.1 Å². The van der Waals surface area contributed by atoms with Crippen molar-refractivity contribution in [3.63, 3.8) is 0 Å². The highest BCUT2D eigenvalue weighted by atomic mass is 32.1. The average molecular weight is 418 g/mol. The third-order valence-electron chi connectivity index (χ3n) is 4.18. The Balaban J connectivity index is 1.89. The molecule has 0 aliphatic heterocycles. The molecule has 0 unspecified atom stereocenters. The maximum atomic E-state index is 12.8. The van der Waals surface area contributed by atoms with Gasteiger partial charge in [0.15, 0.2) is 15.7 Å². The van der Waals surface area contributed by atoms with Gasteiger partial charge < -0.3 is 0 Å². The molecule has 0 aliphatic carbocycles. The Labute approximate surface area is 172 Å². The summed E-state index contributed by atoms with van der Waals surface area (Å²) >= 11 is 6.62. The molecule has 0 aliphatic rings. The number of aryl methyl sites for hydroxylation is 1. The summed E-state index contributed by atoms with van der Waals surface area (Å²) in [5.41, 5.74) is 1.90. The summed E-state index contributed by atoms with van der Waals surface area (Å²) in [5.74, 6) is 0.440. The van der Waals surface area contributed by atoms with E-state index in [1.807, 2.05) is 43.9 Å². The van der Waals surface area contributed by atoms with Gasteiger partial charge in [-0.25, -0.2) is 4.98 Å². The van der Waals surface area contributed by atoms with Crippen LogP contribution in [-0.4, -0.2) is 35.4 Å². The van der Waals surface area contributed by atoms with Crippen molar-refractivity contribution < 1.29 is 4.79 Å². The van der Waals surface area contributed by atoms with Crippen LogP contribution < -0.4 is 5.32 Å². The number of anilines is 1. The van der Waals surface area contributed by atoms with Crippen molar-refractivity contribution in [1.29, 1.82) is 0 Å². The largest absolute Gasteiger partial charge is 0.298 e. The SMILES string of the molecule is C=CCn1c(-c2sc(NC(=O)c3cnn(C(C)(C)C)c3C)nc2C)n[nH]c1=S. The first kappa shape index (κ1) is 20.2. The molecule has 0 saturated carbocycles. The van der Waals surface area contributed by atoms with Crippen LogP contribution in [0.1, 0.15) is 42.5 Å². The standard InChI is InChI=1S/C18H23N7OS2/c1-7-8-24-14(22-23-17(24)27)13-10(2)20-16(28-13)21-15(26)12-9-19-25(11(12)3)18(4,5)6/h7,9H,1,8H2,2-6H3,(H,23,27)(H,20,21,26). The summed E-state index contributed by atoms with van der Waals surface area (Å²) < 4.78 is 4.19. The van der Waals surface area contributed by atoms with Crippen LogP contribution in [0.15, 0.2) is 18.9 Å². The number of nitrogens with one attached hydrogen (secondary N) is 2. The molecule has 0 saturated heterocycles. The van der Waals surface area contributed by atoms with Crippen LogP contribution in [0.4, 0.5) is 5.13 Å². The third kappa shape index (κ3) is 3.69. The van der Waals surface area contributed by atoms with Gasteiger partial charge >= 0.3 is 0 Å². The molecule has 28 heavy (non-hydrogen) atoms. The summed E-state index contributed by atoms with van der Waals surface area (Å²) in [4.78, 5) is 18.1. The maximum Gasteiger partial charge on any atom is 0.260 e. The number of thiazole rings is 1. The molecule has 0 radical (unpaired) electrons. The van der Waals surface area contributed by atoms with Crippen molar-refractivity contribution in [2.45, 2.75) is 46.7 Å². The molecule has 148 valence electrons. The first-order chi connectivity index (χ1) is 13.1. The number of hydrogen-bond acceptors (Lipinski definition) is 6. The van der Waals surface area contributed by atoms with Crippen LogP contribution in [0.3, 0.4) is 0 Å². The highest BCUT2D eigenvalue weighted by Gasteiger charge is 2.23. The number of aromatic nitrogens is 6. The van der Waals surface area contributed by atoms with E-state index in [4.69, 9.17) is 12.2 Å². The molecule has 10 heteroatoms. The first-order valence-corrected chi connectivity index (χ1v) is 9.96. The number of H-pyrrole nitrogens is 1. The van der Waals surface area contributed by atoms with Gasteiger partial charge in [-0.05, 0) is 46.8 Å². The second-order valence-corrected chi connectivity index (χ2v) is 8.75. The Bertz CT molecular complexity index is 1090. The van der Waals surface area contributed by atoms with Gasteiger partial charge in [0.1, 0.15) is 0 Å². The fourth-order valence-electron chi connectivity index (χ4n) is 2.92. The predicted octanol–water partition coefficient (Wildman–Crippen LogP) is 4.07. The Hall–Kier alpha value is -2.59. The van der Waals surface area contributed by atoms with Crippen molar-refractivity contribution in [2.75, 3.05) is 5.32 Å². The maximum absolute atomic E-state index is 12.8. The fourth-order valence-corrected chi connectivity index (χ4v) is 4.09. The minimum absolute atomic E-state index is 0.200. The summed E-state index contributed by atoms with van der Waals surface area (Å²) in [6.07, 6.45) is 3.34. The molecule has 3 aromatic heterocycles. The number of carbonyl (C=O) groups is 1. The Morgan fingerprint density at radius 3 is 2.75 bits per heavy atom. The van der Waals surface area contributed by atoms with Gasteiger partial charge in [0.05, 0.1) is 27.9 Å². The normalized spacial score (nSPS) is 11.6. The van der Waals surface area contributed by atoms with Crippen molar-refractivity contribution >= 4 is 34.6 Å². The van der Waals surface area contributed by atoms with E-state index in [1.165, 1.54) is 11.3 Å². The van der Waals surface area contributed by atoms with Gasteiger partial charge in [0.2, 0.25) is 0 Å². The molecule has 3 rings (SSSR count). The molecule has 0 aromatic carbocycles. The van der Waals surface area contributed by atoms with Gasteiger partial charge in [0, 0.05) is 12.2 Å². The minimum atomic E-state index is -0.238. The summed E-state index contributed by atoms with van der Waals surface area (Å²) in [5, 5.41) is 14.8. The van der Waals surface area contributed by atoms with Crippen LogP contribution in [0.5, 0.6) is 0 Å². The van der Waals surface area contributed by atoms with E-state index in [-0.39, 0.29) is 11.4 Å². The van der Waals surface area contributed by atoms with E-state index in [0.717, 1.165) is 16.3 Å². The summed E-state index contributed by atoms with van der Waals surface area (Å²) in [7, 11) is 0. The van der Waals surface area contributed by atoms with Gasteiger partial charge in [-0.2, -0.15) is 10.2 Å². The van der Waals surface area contributed by atoms with Crippen LogP contribution in [0, 0.1) is 18.6 Å². The molecule has 3 aromatic rings. The number of amides is 1. The van der Waals surface area contributed by atoms with E-state index in [1.54, 1.807) is 12.3 Å². The van der Waals surface area contributed by atoms with Crippen molar-refractivity contribution in [3.05, 3.63) is 40.6 Å². The zero-order valence-electron chi connectivity index (χ0n) is 16.5. The molecule has 3 heterocycles. The second kappa shape index (κ2) is 7.44. The number of nitrogens with zero attached hydrogens (tertiary/aromatic N) is 5. The van der Waals surface area contributed by atoms with Crippen LogP contribution >= 0.6 is 23.6 Å². The lowest BCUT2D eigenvalue weighted by molar-refractivity contribution is 0.102. The van der Waals surface area contributed by atoms with Crippen molar-refractivity contribution in [2.24, 2.45) is 0 Å². The van der Waals surface area contributed by atoms with Gasteiger partial charge in [-0.3, -0.25) is 24.5 Å². The van der Waals surface area contributed by atoms with Gasteiger partial charge in [0.25, 0.3) is 5.91 Å². The predicted molar refractivity (Wildman–Crippen MR) is 113 cm³/mol. The zero-order chi connectivity index (χ0) is 20.6. The minimum Gasteiger partial charge on any atom is -0.298 e. The Kier molecular flexibility index (Phi) is 5.35. The fraction of sp³-hybridized carbons (Fsp3) is 0.389. The number of hydrogen-bond donors (Lipinski definition) is 2. The van der Waals surface area contributed by atoms with Crippen LogP contribution in [0.25, 0.3) is 10.7 Å². The molecular formula is C18H23N7OS2. The van der Waals surface area contributed by atoms with E-state index < -0.39 is 0 Å². The zero-order valence-corrected chi connectivity index (χ0v) is 18.2. The van der Waals surface area contributed by atoms with E-state index >= 15 is 0 Å².